The molecule has 0 spiro atoms. The van der Waals surface area contributed by atoms with Crippen LogP contribution in [0.5, 0.6) is 0 Å². The average molecular weight is 281 g/mol. The lowest BCUT2D eigenvalue weighted by molar-refractivity contribution is -0.0783. The van der Waals surface area contributed by atoms with E-state index in [9.17, 15) is 0 Å². The normalized spacial score (nSPS) is 44.2. The Hall–Kier alpha value is -0.160. The minimum Gasteiger partial charge on any atom is -0.374 e. The predicted octanol–water partition coefficient (Wildman–Crippen LogP) is 1.75. The fourth-order valence-electron chi connectivity index (χ4n) is 4.52. The van der Waals surface area contributed by atoms with Crippen LogP contribution in [0.4, 0.5) is 0 Å². The summed E-state index contributed by atoms with van der Waals surface area (Å²) in [5, 5.41) is 0. The summed E-state index contributed by atoms with van der Waals surface area (Å²) in [7, 11) is 0. The number of nitrogens with one attached hydrogen (secondary N) is 1. The van der Waals surface area contributed by atoms with E-state index in [1.807, 2.05) is 0 Å². The van der Waals surface area contributed by atoms with Gasteiger partial charge >= 0.3 is 0 Å². The maximum Gasteiger partial charge on any atom is 0.0871 e. The third-order valence-electron chi connectivity index (χ3n) is 6.16. The molecule has 1 aliphatic carbocycles. The van der Waals surface area contributed by atoms with Crippen LogP contribution in [-0.2, 0) is 4.74 Å². The molecule has 0 bridgehead atoms. The molecule has 3 N–H and O–H groups in total. The van der Waals surface area contributed by atoms with Crippen molar-refractivity contribution in [3.63, 3.8) is 0 Å². The highest BCUT2D eigenvalue weighted by Crippen LogP contribution is 2.37. The lowest BCUT2D eigenvalue weighted by Crippen LogP contribution is -2.58. The molecule has 4 nitrogen and oxygen atoms in total. The molecule has 6 unspecified atom stereocenters. The number of nitrogens with zero attached hydrogens (tertiary/aromatic N) is 1. The van der Waals surface area contributed by atoms with E-state index in [1.54, 1.807) is 0 Å². The first-order valence-corrected chi connectivity index (χ1v) is 8.50. The standard InChI is InChI=1S/C16H31N3O/c1-11-5-6-13(8-12(11)2)16(18-17)15-9-19-7-3-4-14(19)10-20-15/h11-16,18H,3-10,17H2,1-2H3. The van der Waals surface area contributed by atoms with Crippen molar-refractivity contribution in [2.24, 2.45) is 23.6 Å². The molecule has 3 aliphatic rings. The Balaban J connectivity index is 1.61. The molecule has 3 fully saturated rings. The summed E-state index contributed by atoms with van der Waals surface area (Å²) in [6.07, 6.45) is 6.84. The first kappa shape index (κ1) is 14.8. The van der Waals surface area contributed by atoms with Gasteiger partial charge in [0.05, 0.1) is 18.8 Å². The van der Waals surface area contributed by atoms with Crippen LogP contribution in [0.3, 0.4) is 0 Å². The number of ether oxygens (including phenoxy) is 1. The van der Waals surface area contributed by atoms with Gasteiger partial charge in [-0.1, -0.05) is 20.3 Å². The van der Waals surface area contributed by atoms with Gasteiger partial charge in [-0.2, -0.15) is 0 Å². The molecule has 0 aromatic heterocycles. The van der Waals surface area contributed by atoms with E-state index < -0.39 is 0 Å². The molecule has 4 heteroatoms. The van der Waals surface area contributed by atoms with E-state index in [0.29, 0.717) is 18.0 Å². The number of hydrazine groups is 1. The molecule has 0 radical (unpaired) electrons. The molecule has 1 saturated carbocycles. The Bertz CT molecular complexity index is 325. The van der Waals surface area contributed by atoms with Gasteiger partial charge in [-0.3, -0.25) is 16.2 Å². The van der Waals surface area contributed by atoms with E-state index in [2.05, 4.69) is 24.2 Å². The van der Waals surface area contributed by atoms with Crippen molar-refractivity contribution >= 4 is 0 Å². The number of hydrogen-bond acceptors (Lipinski definition) is 4. The van der Waals surface area contributed by atoms with Crippen molar-refractivity contribution in [1.82, 2.24) is 10.3 Å². The second-order valence-electron chi connectivity index (χ2n) is 7.38. The molecule has 116 valence electrons. The zero-order valence-electron chi connectivity index (χ0n) is 13.1. The van der Waals surface area contributed by atoms with Gasteiger partial charge in [0.25, 0.3) is 0 Å². The smallest absolute Gasteiger partial charge is 0.0871 e. The van der Waals surface area contributed by atoms with Crippen LogP contribution in [0.2, 0.25) is 0 Å². The van der Waals surface area contributed by atoms with Gasteiger partial charge in [0.15, 0.2) is 0 Å². The van der Waals surface area contributed by atoms with Crippen molar-refractivity contribution in [3.05, 3.63) is 0 Å². The van der Waals surface area contributed by atoms with E-state index in [-0.39, 0.29) is 6.10 Å². The first-order chi connectivity index (χ1) is 9.69. The van der Waals surface area contributed by atoms with Gasteiger partial charge in [-0.05, 0) is 50.0 Å². The average Bonchev–Trinajstić information content (AvgIpc) is 2.91. The summed E-state index contributed by atoms with van der Waals surface area (Å²) in [5.74, 6) is 8.25. The molecule has 2 saturated heterocycles. The highest BCUT2D eigenvalue weighted by atomic mass is 16.5. The Morgan fingerprint density at radius 2 is 2.05 bits per heavy atom. The zero-order chi connectivity index (χ0) is 14.1. The Morgan fingerprint density at radius 1 is 1.20 bits per heavy atom. The zero-order valence-corrected chi connectivity index (χ0v) is 13.1. The number of hydrogen-bond donors (Lipinski definition) is 2. The summed E-state index contributed by atoms with van der Waals surface area (Å²) >= 11 is 0. The molecule has 2 aliphatic heterocycles. The molecule has 3 rings (SSSR count). The molecular formula is C16H31N3O. The Kier molecular flexibility index (Phi) is 4.65. The van der Waals surface area contributed by atoms with Gasteiger partial charge in [-0.25, -0.2) is 0 Å². The van der Waals surface area contributed by atoms with E-state index in [0.717, 1.165) is 25.0 Å². The SMILES string of the molecule is CC1CCC(C(NN)C2CN3CCCC3CO2)CC1C. The van der Waals surface area contributed by atoms with Gasteiger partial charge in [0.2, 0.25) is 0 Å². The molecule has 2 heterocycles. The first-order valence-electron chi connectivity index (χ1n) is 8.50. The van der Waals surface area contributed by atoms with Crippen LogP contribution in [0.25, 0.3) is 0 Å². The van der Waals surface area contributed by atoms with Gasteiger partial charge in [-0.15, -0.1) is 0 Å². The highest BCUT2D eigenvalue weighted by molar-refractivity contribution is 4.93. The van der Waals surface area contributed by atoms with E-state index in [4.69, 9.17) is 10.6 Å². The minimum atomic E-state index is 0.278. The number of nitrogens with two attached hydrogens (primary N) is 1. The summed E-state index contributed by atoms with van der Waals surface area (Å²) in [4.78, 5) is 2.62. The summed E-state index contributed by atoms with van der Waals surface area (Å²) in [5.41, 5.74) is 3.11. The fourth-order valence-corrected chi connectivity index (χ4v) is 4.52. The molecular weight excluding hydrogens is 250 g/mol. The number of rotatable bonds is 3. The monoisotopic (exact) mass is 281 g/mol. The highest BCUT2D eigenvalue weighted by Gasteiger charge is 2.39. The maximum absolute atomic E-state index is 6.18. The second kappa shape index (κ2) is 6.30. The maximum atomic E-state index is 6.18. The topological polar surface area (TPSA) is 50.5 Å². The Labute approximate surface area is 123 Å². The number of morpholine rings is 1. The van der Waals surface area contributed by atoms with Crippen LogP contribution in [0.15, 0.2) is 0 Å². The molecule has 0 aromatic rings. The molecule has 20 heavy (non-hydrogen) atoms. The van der Waals surface area contributed by atoms with Gasteiger partial charge in [0, 0.05) is 12.6 Å². The summed E-state index contributed by atoms with van der Waals surface area (Å²) in [6.45, 7) is 8.00. The summed E-state index contributed by atoms with van der Waals surface area (Å²) < 4.78 is 6.18. The van der Waals surface area contributed by atoms with Crippen molar-refractivity contribution in [3.8, 4) is 0 Å². The lowest BCUT2D eigenvalue weighted by atomic mass is 9.72. The van der Waals surface area contributed by atoms with Crippen LogP contribution < -0.4 is 11.3 Å². The third kappa shape index (κ3) is 2.89. The summed E-state index contributed by atoms with van der Waals surface area (Å²) in [6, 6.07) is 1.00. The lowest BCUT2D eigenvalue weighted by Gasteiger charge is -2.43. The van der Waals surface area contributed by atoms with Crippen molar-refractivity contribution in [2.45, 2.75) is 64.1 Å². The van der Waals surface area contributed by atoms with Crippen LogP contribution >= 0.6 is 0 Å². The Morgan fingerprint density at radius 3 is 2.80 bits per heavy atom. The van der Waals surface area contributed by atoms with Crippen LogP contribution in [-0.4, -0.2) is 42.8 Å². The van der Waals surface area contributed by atoms with Gasteiger partial charge < -0.3 is 4.74 Å². The van der Waals surface area contributed by atoms with Crippen LogP contribution in [0, 0.1) is 17.8 Å². The minimum absolute atomic E-state index is 0.278. The fraction of sp³-hybridized carbons (Fsp3) is 1.00. The largest absolute Gasteiger partial charge is 0.374 e. The van der Waals surface area contributed by atoms with Gasteiger partial charge in [0.1, 0.15) is 0 Å². The quantitative estimate of drug-likeness (QED) is 0.611. The predicted molar refractivity (Wildman–Crippen MR) is 81.1 cm³/mol. The molecule has 6 atom stereocenters. The van der Waals surface area contributed by atoms with E-state index >= 15 is 0 Å². The van der Waals surface area contributed by atoms with E-state index in [1.165, 1.54) is 38.6 Å². The molecule has 0 aromatic carbocycles. The van der Waals surface area contributed by atoms with Crippen molar-refractivity contribution in [1.29, 1.82) is 0 Å². The third-order valence-corrected chi connectivity index (χ3v) is 6.16. The number of fused-ring (bicyclic) bond motifs is 1. The second-order valence-corrected chi connectivity index (χ2v) is 7.38. The molecule has 0 amide bonds. The van der Waals surface area contributed by atoms with Crippen molar-refractivity contribution in [2.75, 3.05) is 19.7 Å². The van der Waals surface area contributed by atoms with Crippen LogP contribution in [0.1, 0.15) is 46.0 Å². The van der Waals surface area contributed by atoms with Crippen molar-refractivity contribution < 1.29 is 4.74 Å².